The summed E-state index contributed by atoms with van der Waals surface area (Å²) in [7, 11) is 0. The van der Waals surface area contributed by atoms with Crippen molar-refractivity contribution in [1.82, 2.24) is 9.55 Å². The summed E-state index contributed by atoms with van der Waals surface area (Å²) in [6.07, 6.45) is -4.19. The molecular weight excluding hydrogens is 570 g/mol. The topological polar surface area (TPSA) is 166 Å². The summed E-state index contributed by atoms with van der Waals surface area (Å²) in [5.74, 6) is -3.35. The average molecular weight is 598 g/mol. The maximum atomic E-state index is 13.3. The maximum absolute atomic E-state index is 13.3. The normalized spacial score (nSPS) is 19.1. The molecule has 0 radical (unpaired) electrons. The van der Waals surface area contributed by atoms with Crippen molar-refractivity contribution in [2.24, 2.45) is 5.73 Å². The molecule has 1 amide bonds. The third kappa shape index (κ3) is 6.55. The van der Waals surface area contributed by atoms with E-state index in [9.17, 15) is 24.0 Å². The minimum absolute atomic E-state index is 0.175. The van der Waals surface area contributed by atoms with E-state index in [-0.39, 0.29) is 22.4 Å². The average Bonchev–Trinajstić information content (AvgIpc) is 3.37. The first kappa shape index (κ1) is 29.9. The van der Waals surface area contributed by atoms with E-state index < -0.39 is 66.2 Å². The van der Waals surface area contributed by atoms with E-state index in [0.29, 0.717) is 0 Å². The van der Waals surface area contributed by atoms with E-state index in [0.717, 1.165) is 4.57 Å². The molecule has 1 saturated heterocycles. The summed E-state index contributed by atoms with van der Waals surface area (Å²) in [6, 6.07) is 24.3. The van der Waals surface area contributed by atoms with E-state index in [1.165, 1.54) is 37.4 Å². The Hall–Kier alpha value is -5.62. The number of hydrogen-bond acceptors (Lipinski definition) is 10. The van der Waals surface area contributed by atoms with E-state index in [4.69, 9.17) is 24.7 Å². The minimum atomic E-state index is -1.45. The molecule has 0 saturated carbocycles. The highest BCUT2D eigenvalue weighted by molar-refractivity contribution is 5.91. The Morgan fingerprint density at radius 1 is 0.773 bits per heavy atom. The standard InChI is InChI=1S/C32H27N3O9/c1-19-17-35(28(37)24(34-19)27(33)36)29-26(44-32(40)22-15-9-4-10-16-22)25(43-31(39)21-13-7-3-8-14-21)23(42-29)18-41-30(38)20-11-5-2-6-12-20/h2-17,23,25-26,29H,18H2,1H3,(H2,33,36)/t23-,25-,26?,29-/m1/s1. The fourth-order valence-corrected chi connectivity index (χ4v) is 4.67. The Morgan fingerprint density at radius 2 is 1.25 bits per heavy atom. The number of carbonyl (C=O) groups is 4. The van der Waals surface area contributed by atoms with Gasteiger partial charge in [0, 0.05) is 6.20 Å². The molecule has 5 rings (SSSR count). The summed E-state index contributed by atoms with van der Waals surface area (Å²) in [4.78, 5) is 68.6. The number of hydrogen-bond donors (Lipinski definition) is 1. The molecule has 224 valence electrons. The lowest BCUT2D eigenvalue weighted by Gasteiger charge is -2.25. The Kier molecular flexibility index (Phi) is 8.91. The van der Waals surface area contributed by atoms with Crippen LogP contribution in [0, 0.1) is 6.92 Å². The van der Waals surface area contributed by atoms with Gasteiger partial charge in [-0.05, 0) is 43.3 Å². The first-order valence-corrected chi connectivity index (χ1v) is 13.5. The van der Waals surface area contributed by atoms with Gasteiger partial charge in [0.05, 0.1) is 22.4 Å². The fraction of sp³-hybridized carbons (Fsp3) is 0.188. The summed E-state index contributed by atoms with van der Waals surface area (Å²) < 4.78 is 24.3. The van der Waals surface area contributed by atoms with Gasteiger partial charge in [-0.25, -0.2) is 19.4 Å². The van der Waals surface area contributed by atoms with Gasteiger partial charge < -0.3 is 24.7 Å². The van der Waals surface area contributed by atoms with Crippen LogP contribution in [0.1, 0.15) is 53.5 Å². The lowest BCUT2D eigenvalue weighted by Crippen LogP contribution is -2.43. The molecule has 1 aromatic heterocycles. The maximum Gasteiger partial charge on any atom is 0.338 e. The quantitative estimate of drug-likeness (QED) is 0.224. The predicted molar refractivity (Wildman–Crippen MR) is 154 cm³/mol. The van der Waals surface area contributed by atoms with Gasteiger partial charge in [0.15, 0.2) is 24.1 Å². The molecule has 0 bridgehead atoms. The molecule has 1 aliphatic rings. The van der Waals surface area contributed by atoms with Crippen molar-refractivity contribution in [3.63, 3.8) is 0 Å². The molecule has 2 N–H and O–H groups in total. The first-order valence-electron chi connectivity index (χ1n) is 13.5. The molecule has 1 fully saturated rings. The molecule has 12 heteroatoms. The largest absolute Gasteiger partial charge is 0.459 e. The summed E-state index contributed by atoms with van der Waals surface area (Å²) in [6.45, 7) is 1.08. The van der Waals surface area contributed by atoms with E-state index >= 15 is 0 Å². The molecule has 0 aliphatic carbocycles. The van der Waals surface area contributed by atoms with Crippen LogP contribution in [0.4, 0.5) is 0 Å². The van der Waals surface area contributed by atoms with Crippen LogP contribution >= 0.6 is 0 Å². The van der Waals surface area contributed by atoms with Gasteiger partial charge in [-0.1, -0.05) is 54.6 Å². The van der Waals surface area contributed by atoms with Crippen molar-refractivity contribution in [3.8, 4) is 0 Å². The van der Waals surface area contributed by atoms with E-state index in [2.05, 4.69) is 4.98 Å². The monoisotopic (exact) mass is 597 g/mol. The second-order valence-corrected chi connectivity index (χ2v) is 9.81. The Bertz CT molecular complexity index is 1730. The van der Waals surface area contributed by atoms with Crippen LogP contribution in [0.5, 0.6) is 0 Å². The van der Waals surface area contributed by atoms with Crippen LogP contribution in [0.2, 0.25) is 0 Å². The number of aryl methyl sites for hydroxylation is 1. The van der Waals surface area contributed by atoms with Gasteiger partial charge in [-0.2, -0.15) is 0 Å². The first-order chi connectivity index (χ1) is 21.2. The highest BCUT2D eigenvalue weighted by atomic mass is 16.7. The molecule has 4 aromatic rings. The van der Waals surface area contributed by atoms with Crippen LogP contribution in [-0.2, 0) is 18.9 Å². The molecule has 44 heavy (non-hydrogen) atoms. The number of primary amides is 1. The summed E-state index contributed by atoms with van der Waals surface area (Å²) in [5.41, 5.74) is 4.76. The number of amides is 1. The van der Waals surface area contributed by atoms with Crippen LogP contribution in [0.25, 0.3) is 0 Å². The third-order valence-electron chi connectivity index (χ3n) is 6.74. The minimum Gasteiger partial charge on any atom is -0.459 e. The van der Waals surface area contributed by atoms with Crippen molar-refractivity contribution >= 4 is 23.8 Å². The van der Waals surface area contributed by atoms with Crippen LogP contribution in [0.3, 0.4) is 0 Å². The van der Waals surface area contributed by atoms with Crippen LogP contribution in [0.15, 0.2) is 102 Å². The van der Waals surface area contributed by atoms with Gasteiger partial charge in [0.1, 0.15) is 12.7 Å². The highest BCUT2D eigenvalue weighted by Crippen LogP contribution is 2.35. The second-order valence-electron chi connectivity index (χ2n) is 9.81. The van der Waals surface area contributed by atoms with Crippen molar-refractivity contribution in [1.29, 1.82) is 0 Å². The van der Waals surface area contributed by atoms with Crippen molar-refractivity contribution in [3.05, 3.63) is 136 Å². The number of esters is 3. The van der Waals surface area contributed by atoms with Crippen LogP contribution in [-0.4, -0.2) is 58.3 Å². The number of aromatic nitrogens is 2. The van der Waals surface area contributed by atoms with Crippen LogP contribution < -0.4 is 11.3 Å². The molecule has 3 aromatic carbocycles. The number of nitrogens with two attached hydrogens (primary N) is 1. The van der Waals surface area contributed by atoms with Gasteiger partial charge in [-0.15, -0.1) is 0 Å². The summed E-state index contributed by atoms with van der Waals surface area (Å²) in [5, 5.41) is 0. The Balaban J connectivity index is 1.55. The third-order valence-corrected chi connectivity index (χ3v) is 6.74. The second kappa shape index (κ2) is 13.1. The highest BCUT2D eigenvalue weighted by Gasteiger charge is 2.52. The predicted octanol–water partition coefficient (Wildman–Crippen LogP) is 2.86. The van der Waals surface area contributed by atoms with Crippen molar-refractivity contribution in [2.45, 2.75) is 31.5 Å². The number of carbonyl (C=O) groups excluding carboxylic acids is 4. The molecule has 0 spiro atoms. The van der Waals surface area contributed by atoms with Gasteiger partial charge in [0.25, 0.3) is 11.5 Å². The molecule has 1 unspecified atom stereocenters. The molecule has 4 atom stereocenters. The molecule has 12 nitrogen and oxygen atoms in total. The SMILES string of the molecule is Cc1cn([C@@H]2O[C@H](COC(=O)c3ccccc3)[C@@H](OC(=O)c3ccccc3)C2OC(=O)c2ccccc2)c(=O)c(C(N)=O)n1. The number of rotatable bonds is 9. The van der Waals surface area contributed by atoms with Crippen molar-refractivity contribution in [2.75, 3.05) is 6.61 Å². The molecule has 2 heterocycles. The van der Waals surface area contributed by atoms with E-state index in [1.54, 1.807) is 66.7 Å². The fourth-order valence-electron chi connectivity index (χ4n) is 4.67. The zero-order valence-electron chi connectivity index (χ0n) is 23.4. The number of benzene rings is 3. The Labute approximate surface area is 250 Å². The smallest absolute Gasteiger partial charge is 0.338 e. The van der Waals surface area contributed by atoms with Gasteiger partial charge in [0.2, 0.25) is 0 Å². The van der Waals surface area contributed by atoms with Gasteiger partial charge in [-0.3, -0.25) is 14.2 Å². The lowest BCUT2D eigenvalue weighted by molar-refractivity contribution is -0.0637. The van der Waals surface area contributed by atoms with Crippen molar-refractivity contribution < 1.29 is 38.1 Å². The zero-order valence-corrected chi connectivity index (χ0v) is 23.4. The van der Waals surface area contributed by atoms with Gasteiger partial charge >= 0.3 is 17.9 Å². The lowest BCUT2D eigenvalue weighted by atomic mass is 10.1. The Morgan fingerprint density at radius 3 is 1.75 bits per heavy atom. The number of nitrogens with zero attached hydrogens (tertiary/aromatic N) is 2. The number of ether oxygens (including phenoxy) is 4. The van der Waals surface area contributed by atoms with E-state index in [1.807, 2.05) is 0 Å². The zero-order chi connectivity index (χ0) is 31.2. The summed E-state index contributed by atoms with van der Waals surface area (Å²) >= 11 is 0. The molecule has 1 aliphatic heterocycles. The molecular formula is C32H27N3O9.